The van der Waals surface area contributed by atoms with E-state index < -0.39 is 0 Å². The van der Waals surface area contributed by atoms with E-state index in [-0.39, 0.29) is 0 Å². The molecular weight excluding hydrogens is 188 g/mol. The van der Waals surface area contributed by atoms with Crippen LogP contribution in [0.1, 0.15) is 45.4 Å². The summed E-state index contributed by atoms with van der Waals surface area (Å²) >= 11 is 0. The van der Waals surface area contributed by atoms with Crippen LogP contribution in [0, 0.1) is 0 Å². The first-order chi connectivity index (χ1) is 7.33. The second kappa shape index (κ2) is 8.08. The molecule has 0 saturated carbocycles. The van der Waals surface area contributed by atoms with Crippen molar-refractivity contribution in [2.45, 2.75) is 57.6 Å². The van der Waals surface area contributed by atoms with Gasteiger partial charge in [0.1, 0.15) is 0 Å². The van der Waals surface area contributed by atoms with Gasteiger partial charge in [0.15, 0.2) is 0 Å². The zero-order valence-corrected chi connectivity index (χ0v) is 10.0. The number of hydrogen-bond donors (Lipinski definition) is 2. The van der Waals surface area contributed by atoms with Crippen molar-refractivity contribution in [3.8, 4) is 0 Å². The van der Waals surface area contributed by atoms with E-state index >= 15 is 0 Å². The predicted molar refractivity (Wildman–Crippen MR) is 64.0 cm³/mol. The van der Waals surface area contributed by atoms with Crippen LogP contribution in [-0.2, 0) is 4.74 Å². The van der Waals surface area contributed by atoms with Gasteiger partial charge in [0.25, 0.3) is 0 Å². The normalized spacial score (nSPS) is 24.0. The molecule has 15 heavy (non-hydrogen) atoms. The molecule has 0 aliphatic carbocycles. The second-order valence-corrected chi connectivity index (χ2v) is 4.53. The van der Waals surface area contributed by atoms with Gasteiger partial charge in [-0.2, -0.15) is 0 Å². The zero-order valence-electron chi connectivity index (χ0n) is 10.0. The Bertz CT molecular complexity index is 147. The summed E-state index contributed by atoms with van der Waals surface area (Å²) in [5.74, 6) is 0. The molecule has 0 aromatic heterocycles. The monoisotopic (exact) mass is 214 g/mol. The van der Waals surface area contributed by atoms with Gasteiger partial charge in [-0.1, -0.05) is 13.3 Å². The van der Waals surface area contributed by atoms with Crippen LogP contribution in [0.3, 0.4) is 0 Å². The van der Waals surface area contributed by atoms with Crippen LogP contribution in [0.25, 0.3) is 0 Å². The van der Waals surface area contributed by atoms with Crippen LogP contribution >= 0.6 is 0 Å². The van der Waals surface area contributed by atoms with Crippen molar-refractivity contribution in [1.82, 2.24) is 5.32 Å². The SMILES string of the molecule is CCCC(N)CCNCC1CCCCO1. The molecule has 3 heteroatoms. The molecule has 1 fully saturated rings. The standard InChI is InChI=1S/C12H26N2O/c1-2-5-11(13)7-8-14-10-12-6-3-4-9-15-12/h11-12,14H,2-10,13H2,1H3. The Morgan fingerprint density at radius 3 is 2.93 bits per heavy atom. The summed E-state index contributed by atoms with van der Waals surface area (Å²) in [4.78, 5) is 0. The largest absolute Gasteiger partial charge is 0.377 e. The lowest BCUT2D eigenvalue weighted by Crippen LogP contribution is -2.34. The lowest BCUT2D eigenvalue weighted by molar-refractivity contribution is 0.0170. The van der Waals surface area contributed by atoms with Crippen molar-refractivity contribution in [1.29, 1.82) is 0 Å². The van der Waals surface area contributed by atoms with Crippen molar-refractivity contribution in [2.75, 3.05) is 19.7 Å². The van der Waals surface area contributed by atoms with Gasteiger partial charge in [-0.15, -0.1) is 0 Å². The number of ether oxygens (including phenoxy) is 1. The molecule has 90 valence electrons. The average molecular weight is 214 g/mol. The van der Waals surface area contributed by atoms with Gasteiger partial charge in [-0.05, 0) is 38.6 Å². The first-order valence-electron chi connectivity index (χ1n) is 6.40. The number of nitrogens with two attached hydrogens (primary N) is 1. The fourth-order valence-electron chi connectivity index (χ4n) is 2.03. The van der Waals surface area contributed by atoms with Gasteiger partial charge < -0.3 is 15.8 Å². The van der Waals surface area contributed by atoms with Crippen LogP contribution in [0.2, 0.25) is 0 Å². The molecule has 0 aromatic rings. The molecule has 1 heterocycles. The topological polar surface area (TPSA) is 47.3 Å². The zero-order chi connectivity index (χ0) is 10.9. The maximum atomic E-state index is 5.93. The van der Waals surface area contributed by atoms with Crippen molar-refractivity contribution < 1.29 is 4.74 Å². The maximum Gasteiger partial charge on any atom is 0.0699 e. The van der Waals surface area contributed by atoms with E-state index in [1.54, 1.807) is 0 Å². The van der Waals surface area contributed by atoms with E-state index in [9.17, 15) is 0 Å². The summed E-state index contributed by atoms with van der Waals surface area (Å²) in [6.07, 6.45) is 7.63. The molecule has 1 aliphatic rings. The molecule has 3 nitrogen and oxygen atoms in total. The average Bonchev–Trinajstić information content (AvgIpc) is 2.26. The molecule has 2 unspecified atom stereocenters. The molecule has 0 aromatic carbocycles. The van der Waals surface area contributed by atoms with Crippen LogP contribution in [-0.4, -0.2) is 31.8 Å². The molecule has 1 aliphatic heterocycles. The van der Waals surface area contributed by atoms with E-state index in [1.165, 1.54) is 25.7 Å². The molecule has 0 radical (unpaired) electrons. The molecule has 0 spiro atoms. The summed E-state index contributed by atoms with van der Waals surface area (Å²) in [7, 11) is 0. The molecule has 2 atom stereocenters. The second-order valence-electron chi connectivity index (χ2n) is 4.53. The lowest BCUT2D eigenvalue weighted by Gasteiger charge is -2.23. The van der Waals surface area contributed by atoms with Crippen molar-refractivity contribution in [2.24, 2.45) is 5.73 Å². The Labute approximate surface area is 93.8 Å². The first-order valence-corrected chi connectivity index (χ1v) is 6.40. The van der Waals surface area contributed by atoms with Crippen molar-refractivity contribution >= 4 is 0 Å². The Hall–Kier alpha value is -0.120. The van der Waals surface area contributed by atoms with Crippen LogP contribution in [0.4, 0.5) is 0 Å². The highest BCUT2D eigenvalue weighted by atomic mass is 16.5. The number of hydrogen-bond acceptors (Lipinski definition) is 3. The van der Waals surface area contributed by atoms with Gasteiger partial charge in [0, 0.05) is 19.2 Å². The summed E-state index contributed by atoms with van der Waals surface area (Å²) in [5.41, 5.74) is 5.93. The van der Waals surface area contributed by atoms with Gasteiger partial charge in [-0.3, -0.25) is 0 Å². The van der Waals surface area contributed by atoms with Gasteiger partial charge >= 0.3 is 0 Å². The van der Waals surface area contributed by atoms with Crippen molar-refractivity contribution in [3.05, 3.63) is 0 Å². The maximum absolute atomic E-state index is 5.93. The Balaban J connectivity index is 1.91. The number of nitrogens with one attached hydrogen (secondary N) is 1. The van der Waals surface area contributed by atoms with E-state index in [4.69, 9.17) is 10.5 Å². The minimum absolute atomic E-state index is 0.370. The van der Waals surface area contributed by atoms with Gasteiger partial charge in [0.05, 0.1) is 6.10 Å². The minimum Gasteiger partial charge on any atom is -0.377 e. The summed E-state index contributed by atoms with van der Waals surface area (Å²) in [5, 5.41) is 3.44. The Morgan fingerprint density at radius 1 is 1.40 bits per heavy atom. The molecule has 1 saturated heterocycles. The van der Waals surface area contributed by atoms with E-state index in [0.29, 0.717) is 12.1 Å². The lowest BCUT2D eigenvalue weighted by atomic mass is 10.1. The summed E-state index contributed by atoms with van der Waals surface area (Å²) in [6, 6.07) is 0.370. The summed E-state index contributed by atoms with van der Waals surface area (Å²) < 4.78 is 5.64. The number of rotatable bonds is 7. The van der Waals surface area contributed by atoms with E-state index in [2.05, 4.69) is 12.2 Å². The highest BCUT2D eigenvalue weighted by Gasteiger charge is 2.12. The minimum atomic E-state index is 0.370. The third-order valence-corrected chi connectivity index (χ3v) is 3.00. The Kier molecular flexibility index (Phi) is 6.98. The molecule has 1 rings (SSSR count). The third-order valence-electron chi connectivity index (χ3n) is 3.00. The molecule has 3 N–H and O–H groups in total. The fraction of sp³-hybridized carbons (Fsp3) is 1.00. The van der Waals surface area contributed by atoms with Crippen LogP contribution in [0.15, 0.2) is 0 Å². The van der Waals surface area contributed by atoms with E-state index in [1.807, 2.05) is 0 Å². The van der Waals surface area contributed by atoms with E-state index in [0.717, 1.165) is 32.5 Å². The highest BCUT2D eigenvalue weighted by molar-refractivity contribution is 4.68. The third kappa shape index (κ3) is 6.13. The molecular formula is C12H26N2O. The van der Waals surface area contributed by atoms with Gasteiger partial charge in [0.2, 0.25) is 0 Å². The molecule has 0 bridgehead atoms. The predicted octanol–water partition coefficient (Wildman–Crippen LogP) is 1.66. The Morgan fingerprint density at radius 2 is 2.27 bits per heavy atom. The van der Waals surface area contributed by atoms with Crippen LogP contribution < -0.4 is 11.1 Å². The quantitative estimate of drug-likeness (QED) is 0.634. The fourth-order valence-corrected chi connectivity index (χ4v) is 2.03. The first kappa shape index (κ1) is 12.9. The highest BCUT2D eigenvalue weighted by Crippen LogP contribution is 2.11. The summed E-state index contributed by atoms with van der Waals surface area (Å²) in [6.45, 7) is 5.16. The smallest absolute Gasteiger partial charge is 0.0699 e. The molecule has 0 amide bonds. The van der Waals surface area contributed by atoms with Crippen molar-refractivity contribution in [3.63, 3.8) is 0 Å². The van der Waals surface area contributed by atoms with Crippen LogP contribution in [0.5, 0.6) is 0 Å². The van der Waals surface area contributed by atoms with Gasteiger partial charge in [-0.25, -0.2) is 0 Å².